The quantitative estimate of drug-likeness (QED) is 0.775. The summed E-state index contributed by atoms with van der Waals surface area (Å²) >= 11 is 6.13. The van der Waals surface area contributed by atoms with Crippen LogP contribution < -0.4 is 14.8 Å². The van der Waals surface area contributed by atoms with Crippen LogP contribution >= 0.6 is 11.6 Å². The van der Waals surface area contributed by atoms with Crippen molar-refractivity contribution in [3.63, 3.8) is 0 Å². The van der Waals surface area contributed by atoms with Crippen LogP contribution in [0.2, 0.25) is 5.02 Å². The number of ether oxygens (including phenoxy) is 2. The summed E-state index contributed by atoms with van der Waals surface area (Å²) in [7, 11) is 3.21. The van der Waals surface area contributed by atoms with Crippen molar-refractivity contribution >= 4 is 17.5 Å². The van der Waals surface area contributed by atoms with E-state index in [2.05, 4.69) is 5.32 Å². The van der Waals surface area contributed by atoms with Gasteiger partial charge < -0.3 is 14.8 Å². The minimum atomic E-state index is -0.135. The van der Waals surface area contributed by atoms with Gasteiger partial charge in [0.25, 0.3) is 0 Å². The second-order valence-corrected chi connectivity index (χ2v) is 6.33. The van der Waals surface area contributed by atoms with Gasteiger partial charge in [-0.05, 0) is 42.2 Å². The van der Waals surface area contributed by atoms with Crippen LogP contribution in [-0.4, -0.2) is 26.7 Å². The fourth-order valence-corrected chi connectivity index (χ4v) is 2.88. The van der Waals surface area contributed by atoms with Crippen molar-refractivity contribution in [3.05, 3.63) is 58.6 Å². The summed E-state index contributed by atoms with van der Waals surface area (Å²) in [6.07, 6.45) is 1.35. The largest absolute Gasteiger partial charge is 0.493 e. The average Bonchev–Trinajstić information content (AvgIpc) is 2.63. The lowest BCUT2D eigenvalue weighted by Crippen LogP contribution is -2.31. The van der Waals surface area contributed by atoms with Gasteiger partial charge in [-0.2, -0.15) is 0 Å². The Bertz CT molecular complexity index is 718. The highest BCUT2D eigenvalue weighted by Gasteiger charge is 2.15. The number of hydrogen-bond donors (Lipinski definition) is 1. The number of benzene rings is 2. The summed E-state index contributed by atoms with van der Waals surface area (Å²) in [6.45, 7) is 2.49. The summed E-state index contributed by atoms with van der Waals surface area (Å²) in [5.41, 5.74) is 2.07. The fraction of sp³-hybridized carbons (Fsp3) is 0.350. The topological polar surface area (TPSA) is 47.6 Å². The first kappa shape index (κ1) is 19.1. The van der Waals surface area contributed by atoms with Crippen LogP contribution in [0.25, 0.3) is 0 Å². The lowest BCUT2D eigenvalue weighted by atomic mass is 10.00. The molecule has 4 nitrogen and oxygen atoms in total. The van der Waals surface area contributed by atoms with Gasteiger partial charge in [-0.25, -0.2) is 0 Å². The van der Waals surface area contributed by atoms with E-state index >= 15 is 0 Å². The molecule has 0 aromatic heterocycles. The molecule has 0 bridgehead atoms. The summed E-state index contributed by atoms with van der Waals surface area (Å²) < 4.78 is 10.5. The average molecular weight is 362 g/mol. The first-order valence-electron chi connectivity index (χ1n) is 8.27. The van der Waals surface area contributed by atoms with E-state index < -0.39 is 0 Å². The fourth-order valence-electron chi connectivity index (χ4n) is 2.65. The molecule has 2 rings (SSSR count). The van der Waals surface area contributed by atoms with Crippen molar-refractivity contribution in [2.75, 3.05) is 20.8 Å². The number of rotatable bonds is 8. The normalized spacial score (nSPS) is 11.7. The van der Waals surface area contributed by atoms with Crippen LogP contribution in [0.4, 0.5) is 0 Å². The lowest BCUT2D eigenvalue weighted by molar-refractivity contribution is -0.124. The molecular weight excluding hydrogens is 338 g/mol. The molecule has 0 fully saturated rings. The zero-order valence-electron chi connectivity index (χ0n) is 14.8. The van der Waals surface area contributed by atoms with Gasteiger partial charge in [0.1, 0.15) is 0 Å². The number of nitrogens with one attached hydrogen (secondary N) is 1. The van der Waals surface area contributed by atoms with E-state index in [9.17, 15) is 4.79 Å². The van der Waals surface area contributed by atoms with Gasteiger partial charge in [-0.1, -0.05) is 42.8 Å². The highest BCUT2D eigenvalue weighted by Crippen LogP contribution is 2.28. The molecule has 2 aromatic rings. The Labute approximate surface area is 154 Å². The standard InChI is InChI=1S/C20H24ClNO3/c1-14(12-15-8-9-18(24-2)19(13-15)25-3)20(23)22-11-10-16-6-4-5-7-17(16)21/h4-9,13-14H,10-12H2,1-3H3,(H,22,23). The maximum absolute atomic E-state index is 12.3. The number of carbonyl (C=O) groups is 1. The predicted molar refractivity (Wildman–Crippen MR) is 101 cm³/mol. The van der Waals surface area contributed by atoms with Gasteiger partial charge in [0.2, 0.25) is 5.91 Å². The molecule has 0 saturated heterocycles. The Morgan fingerprint density at radius 2 is 1.84 bits per heavy atom. The maximum Gasteiger partial charge on any atom is 0.223 e. The Morgan fingerprint density at radius 1 is 1.12 bits per heavy atom. The third-order valence-corrected chi connectivity index (χ3v) is 4.46. The molecule has 5 heteroatoms. The second kappa shape index (κ2) is 9.33. The number of halogens is 1. The van der Waals surface area contributed by atoms with Crippen LogP contribution in [0.5, 0.6) is 11.5 Å². The lowest BCUT2D eigenvalue weighted by Gasteiger charge is -2.14. The molecule has 0 aliphatic carbocycles. The smallest absolute Gasteiger partial charge is 0.223 e. The molecule has 134 valence electrons. The first-order chi connectivity index (χ1) is 12.0. The third kappa shape index (κ3) is 5.40. The Hall–Kier alpha value is -2.20. The molecule has 0 spiro atoms. The molecular formula is C20H24ClNO3. The van der Waals surface area contributed by atoms with Crippen molar-refractivity contribution in [2.45, 2.75) is 19.8 Å². The minimum Gasteiger partial charge on any atom is -0.493 e. The van der Waals surface area contributed by atoms with Gasteiger partial charge >= 0.3 is 0 Å². The Balaban J connectivity index is 1.87. The van der Waals surface area contributed by atoms with E-state index in [0.717, 1.165) is 16.1 Å². The number of amides is 1. The van der Waals surface area contributed by atoms with Gasteiger partial charge in [0, 0.05) is 17.5 Å². The van der Waals surface area contributed by atoms with E-state index in [1.807, 2.05) is 49.4 Å². The van der Waals surface area contributed by atoms with E-state index in [1.54, 1.807) is 14.2 Å². The minimum absolute atomic E-state index is 0.0295. The zero-order valence-corrected chi connectivity index (χ0v) is 15.6. The summed E-state index contributed by atoms with van der Waals surface area (Å²) in [5.74, 6) is 1.25. The maximum atomic E-state index is 12.3. The van der Waals surface area contributed by atoms with E-state index in [-0.39, 0.29) is 11.8 Å². The van der Waals surface area contributed by atoms with Crippen molar-refractivity contribution in [2.24, 2.45) is 5.92 Å². The van der Waals surface area contributed by atoms with Crippen LogP contribution in [0.3, 0.4) is 0 Å². The van der Waals surface area contributed by atoms with Crippen molar-refractivity contribution in [3.8, 4) is 11.5 Å². The SMILES string of the molecule is COc1ccc(CC(C)C(=O)NCCc2ccccc2Cl)cc1OC. The molecule has 1 unspecified atom stereocenters. The highest BCUT2D eigenvalue weighted by atomic mass is 35.5. The van der Waals surface area contributed by atoms with Crippen LogP contribution in [0.1, 0.15) is 18.1 Å². The van der Waals surface area contributed by atoms with Crippen molar-refractivity contribution in [1.82, 2.24) is 5.32 Å². The molecule has 0 aliphatic heterocycles. The first-order valence-corrected chi connectivity index (χ1v) is 8.65. The molecule has 1 N–H and O–H groups in total. The van der Waals surface area contributed by atoms with Crippen LogP contribution in [-0.2, 0) is 17.6 Å². The van der Waals surface area contributed by atoms with E-state index in [0.29, 0.717) is 30.9 Å². The van der Waals surface area contributed by atoms with Crippen LogP contribution in [0, 0.1) is 5.92 Å². The van der Waals surface area contributed by atoms with Gasteiger partial charge in [0.15, 0.2) is 11.5 Å². The van der Waals surface area contributed by atoms with Crippen molar-refractivity contribution in [1.29, 1.82) is 0 Å². The molecule has 25 heavy (non-hydrogen) atoms. The number of methoxy groups -OCH3 is 2. The molecule has 1 atom stereocenters. The predicted octanol–water partition coefficient (Wildman–Crippen LogP) is 3.89. The van der Waals surface area contributed by atoms with Gasteiger partial charge in [-0.15, -0.1) is 0 Å². The molecule has 0 heterocycles. The monoisotopic (exact) mass is 361 g/mol. The Kier molecular flexibility index (Phi) is 7.14. The molecule has 1 amide bonds. The second-order valence-electron chi connectivity index (χ2n) is 5.93. The van der Waals surface area contributed by atoms with E-state index in [4.69, 9.17) is 21.1 Å². The Morgan fingerprint density at radius 3 is 2.52 bits per heavy atom. The molecule has 2 aromatic carbocycles. The van der Waals surface area contributed by atoms with E-state index in [1.165, 1.54) is 0 Å². The van der Waals surface area contributed by atoms with Crippen molar-refractivity contribution < 1.29 is 14.3 Å². The number of carbonyl (C=O) groups excluding carboxylic acids is 1. The summed E-state index contributed by atoms with van der Waals surface area (Å²) in [4.78, 5) is 12.3. The van der Waals surface area contributed by atoms with Crippen LogP contribution in [0.15, 0.2) is 42.5 Å². The summed E-state index contributed by atoms with van der Waals surface area (Å²) in [6, 6.07) is 13.4. The zero-order chi connectivity index (χ0) is 18.2. The third-order valence-electron chi connectivity index (χ3n) is 4.09. The molecule has 0 aliphatic rings. The van der Waals surface area contributed by atoms with Gasteiger partial charge in [0.05, 0.1) is 14.2 Å². The number of hydrogen-bond acceptors (Lipinski definition) is 3. The molecule has 0 saturated carbocycles. The van der Waals surface area contributed by atoms with Gasteiger partial charge in [-0.3, -0.25) is 4.79 Å². The summed E-state index contributed by atoms with van der Waals surface area (Å²) in [5, 5.41) is 3.71. The highest BCUT2D eigenvalue weighted by molar-refractivity contribution is 6.31. The molecule has 0 radical (unpaired) electrons.